The van der Waals surface area contributed by atoms with Crippen molar-refractivity contribution < 1.29 is 19.8 Å². The average Bonchev–Trinajstić information content (AvgIpc) is 3.02. The molecule has 4 N–H and O–H groups in total. The zero-order valence-electron chi connectivity index (χ0n) is 25.0. The van der Waals surface area contributed by atoms with Crippen molar-refractivity contribution in [3.8, 4) is 23.5 Å². The van der Waals surface area contributed by atoms with Gasteiger partial charge in [-0.2, -0.15) is 0 Å². The molecule has 0 unspecified atom stereocenters. The molecule has 0 bridgehead atoms. The molecule has 0 atom stereocenters. The van der Waals surface area contributed by atoms with Crippen LogP contribution in [-0.4, -0.2) is 117 Å². The number of hydrogen-bond acceptors (Lipinski definition) is 9. The Morgan fingerprint density at radius 2 is 1.20 bits per heavy atom. The maximum atomic E-state index is 11.8. The molecule has 3 heterocycles. The Kier molecular flexibility index (Phi) is 12.4. The Hall–Kier alpha value is -4.18. The van der Waals surface area contributed by atoms with E-state index >= 15 is 0 Å². The highest BCUT2D eigenvalue weighted by Crippen LogP contribution is 2.21. The Morgan fingerprint density at radius 1 is 0.682 bits per heavy atom. The van der Waals surface area contributed by atoms with Gasteiger partial charge in [0.2, 0.25) is 0 Å². The number of carbonyl (C=O) groups is 2. The van der Waals surface area contributed by atoms with Crippen molar-refractivity contribution in [2.24, 2.45) is 5.73 Å². The van der Waals surface area contributed by atoms with Gasteiger partial charge in [0.05, 0.1) is 30.2 Å². The molecule has 1 fully saturated rings. The van der Waals surface area contributed by atoms with Gasteiger partial charge in [-0.15, -0.1) is 6.42 Å². The quantitative estimate of drug-likeness (QED) is 0.293. The Labute approximate surface area is 258 Å². The predicted octanol–water partition coefficient (Wildman–Crippen LogP) is 1.67. The van der Waals surface area contributed by atoms with Gasteiger partial charge in [-0.25, -0.2) is 4.98 Å². The van der Waals surface area contributed by atoms with Crippen molar-refractivity contribution >= 4 is 11.9 Å². The van der Waals surface area contributed by atoms with E-state index in [9.17, 15) is 19.8 Å². The second-order valence-corrected chi connectivity index (χ2v) is 11.0. The molecule has 4 rings (SSSR count). The number of nitrogens with two attached hydrogens (primary N) is 1. The van der Waals surface area contributed by atoms with Crippen molar-refractivity contribution in [3.63, 3.8) is 0 Å². The maximum absolute atomic E-state index is 11.8. The molecule has 0 aliphatic carbocycles. The van der Waals surface area contributed by atoms with Gasteiger partial charge in [-0.05, 0) is 35.4 Å². The molecule has 11 heteroatoms. The summed E-state index contributed by atoms with van der Waals surface area (Å²) in [6.07, 6.45) is 5.54. The van der Waals surface area contributed by atoms with Gasteiger partial charge < -0.3 is 15.9 Å². The zero-order chi connectivity index (χ0) is 31.3. The van der Waals surface area contributed by atoms with E-state index in [0.717, 1.165) is 28.2 Å². The number of carboxylic acids is 2. The molecule has 232 valence electrons. The van der Waals surface area contributed by atoms with Crippen molar-refractivity contribution in [1.29, 1.82) is 0 Å². The van der Waals surface area contributed by atoms with Crippen LogP contribution in [0.4, 0.5) is 0 Å². The predicted molar refractivity (Wildman–Crippen MR) is 168 cm³/mol. The lowest BCUT2D eigenvalue weighted by Gasteiger charge is -2.33. The van der Waals surface area contributed by atoms with E-state index in [2.05, 4.69) is 26.8 Å². The van der Waals surface area contributed by atoms with Gasteiger partial charge in [0, 0.05) is 72.0 Å². The molecule has 3 aromatic rings. The number of carboxylic acid groups (broad SMARTS) is 2. The molecule has 1 aliphatic heterocycles. The molecular weight excluding hydrogens is 558 g/mol. The third-order valence-corrected chi connectivity index (χ3v) is 7.62. The molecule has 1 aromatic carbocycles. The van der Waals surface area contributed by atoms with E-state index in [1.165, 1.54) is 0 Å². The number of aromatic nitrogens is 2. The maximum Gasteiger partial charge on any atom is 0.317 e. The van der Waals surface area contributed by atoms with E-state index in [1.54, 1.807) is 6.07 Å². The monoisotopic (exact) mass is 599 g/mol. The molecule has 0 radical (unpaired) electrons. The lowest BCUT2D eigenvalue weighted by Crippen LogP contribution is -2.47. The number of nitrogens with zero attached hydrogens (tertiary/aromatic N) is 6. The smallest absolute Gasteiger partial charge is 0.317 e. The molecule has 0 spiro atoms. The molecule has 0 saturated carbocycles. The van der Waals surface area contributed by atoms with Gasteiger partial charge in [-0.3, -0.25) is 34.2 Å². The first-order valence-electron chi connectivity index (χ1n) is 14.8. The summed E-state index contributed by atoms with van der Waals surface area (Å²) in [5.41, 5.74) is 11.1. The molecule has 44 heavy (non-hydrogen) atoms. The fraction of sp³-hybridized carbons (Fsp3) is 0.394. The summed E-state index contributed by atoms with van der Waals surface area (Å²) in [7, 11) is 0. The average molecular weight is 600 g/mol. The van der Waals surface area contributed by atoms with Crippen LogP contribution in [0.15, 0.2) is 60.7 Å². The van der Waals surface area contributed by atoms with E-state index in [0.29, 0.717) is 77.7 Å². The van der Waals surface area contributed by atoms with Gasteiger partial charge in [0.25, 0.3) is 0 Å². The van der Waals surface area contributed by atoms with E-state index in [-0.39, 0.29) is 13.1 Å². The number of pyridine rings is 2. The van der Waals surface area contributed by atoms with Crippen LogP contribution in [0.3, 0.4) is 0 Å². The van der Waals surface area contributed by atoms with E-state index in [1.807, 2.05) is 58.3 Å². The highest BCUT2D eigenvalue weighted by atomic mass is 16.4. The van der Waals surface area contributed by atoms with Crippen LogP contribution < -0.4 is 5.73 Å². The van der Waals surface area contributed by atoms with Crippen LogP contribution in [0.2, 0.25) is 0 Å². The Morgan fingerprint density at radius 3 is 1.73 bits per heavy atom. The molecule has 0 amide bonds. The molecule has 1 saturated heterocycles. The first-order valence-corrected chi connectivity index (χ1v) is 14.8. The summed E-state index contributed by atoms with van der Waals surface area (Å²) in [6.45, 7) is 5.73. The second kappa shape index (κ2) is 16.6. The normalized spacial score (nSPS) is 16.5. The largest absolute Gasteiger partial charge is 0.480 e. The highest BCUT2D eigenvalue weighted by Gasteiger charge is 2.20. The number of benzene rings is 1. The third-order valence-electron chi connectivity index (χ3n) is 7.62. The fourth-order valence-corrected chi connectivity index (χ4v) is 5.33. The zero-order valence-corrected chi connectivity index (χ0v) is 25.0. The van der Waals surface area contributed by atoms with E-state index in [4.69, 9.17) is 17.1 Å². The van der Waals surface area contributed by atoms with Crippen LogP contribution in [0.25, 0.3) is 11.1 Å². The first kappa shape index (κ1) is 32.7. The van der Waals surface area contributed by atoms with Crippen LogP contribution >= 0.6 is 0 Å². The Bertz CT molecular complexity index is 1400. The summed E-state index contributed by atoms with van der Waals surface area (Å²) in [6, 6.07) is 19.7. The number of hydrogen-bond donors (Lipinski definition) is 3. The SMILES string of the molecule is C#Cc1cccc(CN2CCN(CC(=O)O)CCN(Cc3cc(-c4ccccc4)cc(CN)n3)CCN(CC(=O)O)CC2)n1. The van der Waals surface area contributed by atoms with Gasteiger partial charge in [-0.1, -0.05) is 42.3 Å². The standard InChI is InChI=1S/C33H41N7O4/c1-2-28-9-6-10-29(35-28)22-37-11-15-39(24-32(41)42)17-13-38(14-18-40(16-12-37)25-33(43)44)23-31-20-27(19-30(21-34)36-31)26-7-4-3-5-8-26/h1,3-10,19-20H,11-18,21-25,34H2,(H,41,42)(H,43,44). The summed E-state index contributed by atoms with van der Waals surface area (Å²) in [5, 5.41) is 19.3. The number of rotatable bonds is 10. The van der Waals surface area contributed by atoms with Gasteiger partial charge >= 0.3 is 11.9 Å². The highest BCUT2D eigenvalue weighted by molar-refractivity contribution is 5.69. The van der Waals surface area contributed by atoms with Crippen molar-refractivity contribution in [3.05, 3.63) is 83.4 Å². The molecular formula is C33H41N7O4. The third kappa shape index (κ3) is 10.5. The van der Waals surface area contributed by atoms with Crippen molar-refractivity contribution in [2.75, 3.05) is 65.4 Å². The first-order chi connectivity index (χ1) is 21.3. The van der Waals surface area contributed by atoms with Crippen molar-refractivity contribution in [2.45, 2.75) is 19.6 Å². The lowest BCUT2D eigenvalue weighted by molar-refractivity contribution is -0.139. The topological polar surface area (TPSA) is 139 Å². The van der Waals surface area contributed by atoms with Crippen LogP contribution in [-0.2, 0) is 29.2 Å². The summed E-state index contributed by atoms with van der Waals surface area (Å²) in [5.74, 6) is 0.808. The summed E-state index contributed by atoms with van der Waals surface area (Å²) in [4.78, 5) is 41.1. The lowest BCUT2D eigenvalue weighted by atomic mass is 10.0. The minimum absolute atomic E-state index is 0.0727. The fourth-order valence-electron chi connectivity index (χ4n) is 5.33. The molecule has 1 aliphatic rings. The summed E-state index contributed by atoms with van der Waals surface area (Å²) >= 11 is 0. The molecule has 11 nitrogen and oxygen atoms in total. The van der Waals surface area contributed by atoms with Crippen molar-refractivity contribution in [1.82, 2.24) is 29.6 Å². The number of aliphatic carboxylic acids is 2. The minimum Gasteiger partial charge on any atom is -0.480 e. The van der Waals surface area contributed by atoms with Crippen LogP contribution in [0.5, 0.6) is 0 Å². The van der Waals surface area contributed by atoms with Gasteiger partial charge in [0.1, 0.15) is 5.69 Å². The molecule has 2 aromatic heterocycles. The number of terminal acetylenes is 1. The van der Waals surface area contributed by atoms with Crippen LogP contribution in [0, 0.1) is 12.3 Å². The van der Waals surface area contributed by atoms with Gasteiger partial charge in [0.15, 0.2) is 0 Å². The minimum atomic E-state index is -0.879. The summed E-state index contributed by atoms with van der Waals surface area (Å²) < 4.78 is 0. The van der Waals surface area contributed by atoms with E-state index < -0.39 is 11.9 Å². The Balaban J connectivity index is 1.54. The second-order valence-electron chi connectivity index (χ2n) is 11.0. The van der Waals surface area contributed by atoms with Crippen LogP contribution in [0.1, 0.15) is 22.8 Å².